The number of benzene rings is 2. The fourth-order valence-electron chi connectivity index (χ4n) is 3.48. The summed E-state index contributed by atoms with van der Waals surface area (Å²) >= 11 is 0. The van der Waals surface area contributed by atoms with E-state index in [1.807, 2.05) is 0 Å². The van der Waals surface area contributed by atoms with Gasteiger partial charge < -0.3 is 9.80 Å². The van der Waals surface area contributed by atoms with Crippen molar-refractivity contribution < 1.29 is 0 Å². The summed E-state index contributed by atoms with van der Waals surface area (Å²) in [6, 6.07) is 16.2. The SMILES string of the molecule is CN(C)CCC1CCCCN1c1cccc2ccccc12. The van der Waals surface area contributed by atoms with Gasteiger partial charge in [-0.3, -0.25) is 0 Å². The van der Waals surface area contributed by atoms with E-state index in [-0.39, 0.29) is 0 Å². The van der Waals surface area contributed by atoms with Crippen LogP contribution in [-0.4, -0.2) is 38.1 Å². The molecule has 0 bridgehead atoms. The predicted molar refractivity (Wildman–Crippen MR) is 92.1 cm³/mol. The number of anilines is 1. The molecule has 2 nitrogen and oxygen atoms in total. The third kappa shape index (κ3) is 3.21. The highest BCUT2D eigenvalue weighted by molar-refractivity contribution is 5.94. The van der Waals surface area contributed by atoms with Crippen molar-refractivity contribution in [1.82, 2.24) is 4.90 Å². The predicted octanol–water partition coefficient (Wildman–Crippen LogP) is 4.15. The lowest BCUT2D eigenvalue weighted by molar-refractivity contribution is 0.349. The molecule has 0 radical (unpaired) electrons. The van der Waals surface area contributed by atoms with Gasteiger partial charge in [-0.2, -0.15) is 0 Å². The normalized spacial score (nSPS) is 19.4. The smallest absolute Gasteiger partial charge is 0.0448 e. The highest BCUT2D eigenvalue weighted by atomic mass is 15.2. The molecule has 1 saturated heterocycles. The maximum atomic E-state index is 2.66. The molecule has 1 atom stereocenters. The minimum absolute atomic E-state index is 0.687. The minimum Gasteiger partial charge on any atom is -0.368 e. The Morgan fingerprint density at radius 3 is 2.71 bits per heavy atom. The quantitative estimate of drug-likeness (QED) is 0.831. The Morgan fingerprint density at radius 2 is 1.86 bits per heavy atom. The van der Waals surface area contributed by atoms with Gasteiger partial charge in [0.15, 0.2) is 0 Å². The molecule has 0 saturated carbocycles. The van der Waals surface area contributed by atoms with Crippen molar-refractivity contribution in [2.75, 3.05) is 32.1 Å². The molecule has 1 aliphatic heterocycles. The molecule has 1 aliphatic rings. The highest BCUT2D eigenvalue weighted by Gasteiger charge is 2.23. The van der Waals surface area contributed by atoms with Crippen molar-refractivity contribution in [3.63, 3.8) is 0 Å². The van der Waals surface area contributed by atoms with Crippen LogP contribution >= 0.6 is 0 Å². The lowest BCUT2D eigenvalue weighted by atomic mass is 9.97. The molecule has 1 heterocycles. The van der Waals surface area contributed by atoms with Crippen LogP contribution < -0.4 is 4.90 Å². The number of fused-ring (bicyclic) bond motifs is 1. The molecule has 2 aromatic rings. The summed E-state index contributed by atoms with van der Waals surface area (Å²) in [4.78, 5) is 4.96. The topological polar surface area (TPSA) is 6.48 Å². The molecular formula is C19H26N2. The van der Waals surface area contributed by atoms with E-state index >= 15 is 0 Å². The summed E-state index contributed by atoms with van der Waals surface area (Å²) < 4.78 is 0. The number of hydrogen-bond donors (Lipinski definition) is 0. The first-order valence-electron chi connectivity index (χ1n) is 8.15. The fourth-order valence-corrected chi connectivity index (χ4v) is 3.48. The Balaban J connectivity index is 1.91. The van der Waals surface area contributed by atoms with Crippen LogP contribution in [0, 0.1) is 0 Å². The van der Waals surface area contributed by atoms with E-state index in [1.54, 1.807) is 0 Å². The van der Waals surface area contributed by atoms with E-state index in [0.717, 1.165) is 0 Å². The number of rotatable bonds is 4. The van der Waals surface area contributed by atoms with Crippen LogP contribution in [0.4, 0.5) is 5.69 Å². The van der Waals surface area contributed by atoms with Gasteiger partial charge in [0.2, 0.25) is 0 Å². The summed E-state index contributed by atoms with van der Waals surface area (Å²) in [7, 11) is 4.34. The highest BCUT2D eigenvalue weighted by Crippen LogP contribution is 2.32. The van der Waals surface area contributed by atoms with E-state index in [9.17, 15) is 0 Å². The third-order valence-electron chi connectivity index (χ3n) is 4.61. The van der Waals surface area contributed by atoms with Gasteiger partial charge in [0.25, 0.3) is 0 Å². The molecule has 0 aliphatic carbocycles. The van der Waals surface area contributed by atoms with Crippen molar-refractivity contribution >= 4 is 16.5 Å². The van der Waals surface area contributed by atoms with E-state index in [1.165, 1.54) is 55.2 Å². The first kappa shape index (κ1) is 14.4. The van der Waals surface area contributed by atoms with Gasteiger partial charge in [-0.25, -0.2) is 0 Å². The minimum atomic E-state index is 0.687. The number of hydrogen-bond acceptors (Lipinski definition) is 2. The maximum absolute atomic E-state index is 2.66. The van der Waals surface area contributed by atoms with Gasteiger partial charge in [-0.05, 0) is 57.8 Å². The molecule has 0 N–H and O–H groups in total. The van der Waals surface area contributed by atoms with Gasteiger partial charge in [0, 0.05) is 23.7 Å². The largest absolute Gasteiger partial charge is 0.368 e. The molecule has 0 amide bonds. The van der Waals surface area contributed by atoms with Crippen LogP contribution in [-0.2, 0) is 0 Å². The van der Waals surface area contributed by atoms with Gasteiger partial charge in [-0.1, -0.05) is 36.4 Å². The van der Waals surface area contributed by atoms with Crippen LogP contribution in [0.15, 0.2) is 42.5 Å². The summed E-state index contributed by atoms with van der Waals surface area (Å²) in [6.07, 6.45) is 5.29. The van der Waals surface area contributed by atoms with E-state index < -0.39 is 0 Å². The van der Waals surface area contributed by atoms with Crippen molar-refractivity contribution in [2.45, 2.75) is 31.7 Å². The fraction of sp³-hybridized carbons (Fsp3) is 0.474. The second kappa shape index (κ2) is 6.48. The summed E-state index contributed by atoms with van der Waals surface area (Å²) in [5, 5.41) is 2.75. The van der Waals surface area contributed by atoms with Crippen LogP contribution in [0.3, 0.4) is 0 Å². The number of piperidine rings is 1. The molecule has 2 heteroatoms. The molecule has 1 fully saturated rings. The third-order valence-corrected chi connectivity index (χ3v) is 4.61. The Hall–Kier alpha value is -1.54. The summed E-state index contributed by atoms with van der Waals surface area (Å²) in [5.41, 5.74) is 1.43. The van der Waals surface area contributed by atoms with Gasteiger partial charge >= 0.3 is 0 Å². The Bertz CT molecular complexity index is 586. The van der Waals surface area contributed by atoms with Crippen LogP contribution in [0.1, 0.15) is 25.7 Å². The molecule has 112 valence electrons. The molecular weight excluding hydrogens is 256 g/mol. The molecule has 0 spiro atoms. The average molecular weight is 282 g/mol. The monoisotopic (exact) mass is 282 g/mol. The zero-order chi connectivity index (χ0) is 14.7. The maximum Gasteiger partial charge on any atom is 0.0448 e. The molecule has 2 aromatic carbocycles. The lowest BCUT2D eigenvalue weighted by Crippen LogP contribution is -2.41. The molecule has 1 unspecified atom stereocenters. The van der Waals surface area contributed by atoms with Crippen LogP contribution in [0.25, 0.3) is 10.8 Å². The standard InChI is InChI=1S/C19H26N2/c1-20(2)15-13-17-10-5-6-14-21(17)19-12-7-9-16-8-3-4-11-18(16)19/h3-4,7-9,11-12,17H,5-6,10,13-15H2,1-2H3. The van der Waals surface area contributed by atoms with Gasteiger partial charge in [0.05, 0.1) is 0 Å². The first-order valence-corrected chi connectivity index (χ1v) is 8.15. The summed E-state index contributed by atoms with van der Waals surface area (Å²) in [6.45, 7) is 2.37. The first-order chi connectivity index (χ1) is 10.3. The van der Waals surface area contributed by atoms with E-state index in [0.29, 0.717) is 6.04 Å². The van der Waals surface area contributed by atoms with Crippen LogP contribution in [0.5, 0.6) is 0 Å². The molecule has 0 aromatic heterocycles. The van der Waals surface area contributed by atoms with E-state index in [4.69, 9.17) is 0 Å². The van der Waals surface area contributed by atoms with Gasteiger partial charge in [0.1, 0.15) is 0 Å². The zero-order valence-electron chi connectivity index (χ0n) is 13.3. The Kier molecular flexibility index (Phi) is 4.45. The lowest BCUT2D eigenvalue weighted by Gasteiger charge is -2.39. The Morgan fingerprint density at radius 1 is 1.05 bits per heavy atom. The molecule has 21 heavy (non-hydrogen) atoms. The summed E-state index contributed by atoms with van der Waals surface area (Å²) in [5.74, 6) is 0. The van der Waals surface area contributed by atoms with Crippen molar-refractivity contribution in [3.8, 4) is 0 Å². The van der Waals surface area contributed by atoms with Crippen molar-refractivity contribution in [2.24, 2.45) is 0 Å². The Labute approximate surface area is 128 Å². The van der Waals surface area contributed by atoms with Crippen molar-refractivity contribution in [1.29, 1.82) is 0 Å². The van der Waals surface area contributed by atoms with E-state index in [2.05, 4.69) is 66.4 Å². The second-order valence-corrected chi connectivity index (χ2v) is 6.43. The zero-order valence-corrected chi connectivity index (χ0v) is 13.3. The molecule has 3 rings (SSSR count). The number of nitrogens with zero attached hydrogens (tertiary/aromatic N) is 2. The van der Waals surface area contributed by atoms with Gasteiger partial charge in [-0.15, -0.1) is 0 Å². The average Bonchev–Trinajstić information content (AvgIpc) is 2.53. The van der Waals surface area contributed by atoms with Crippen molar-refractivity contribution in [3.05, 3.63) is 42.5 Å². The van der Waals surface area contributed by atoms with Crippen LogP contribution in [0.2, 0.25) is 0 Å². The second-order valence-electron chi connectivity index (χ2n) is 6.43.